The van der Waals surface area contributed by atoms with Crippen LogP contribution in [0.15, 0.2) is 36.4 Å². The van der Waals surface area contributed by atoms with E-state index in [-0.39, 0.29) is 18.8 Å². The summed E-state index contributed by atoms with van der Waals surface area (Å²) in [4.78, 5) is 0. The van der Waals surface area contributed by atoms with Crippen molar-refractivity contribution in [2.75, 3.05) is 19.8 Å². The minimum Gasteiger partial charge on any atom is -0.491 e. The predicted octanol–water partition coefficient (Wildman–Crippen LogP) is 1.50. The summed E-state index contributed by atoms with van der Waals surface area (Å²) >= 11 is 6.34. The summed E-state index contributed by atoms with van der Waals surface area (Å²) in [5.41, 5.74) is -0.244. The normalized spacial score (nSPS) is 33.7. The number of hydrogen-bond donors (Lipinski definition) is 4. The molecule has 0 aromatic heterocycles. The predicted molar refractivity (Wildman–Crippen MR) is 108 cm³/mol. The summed E-state index contributed by atoms with van der Waals surface area (Å²) in [6, 6.07) is 8.75. The number of aliphatic hydroxyl groups is 4. The van der Waals surface area contributed by atoms with Crippen LogP contribution in [0.2, 0.25) is 5.02 Å². The molecule has 0 radical (unpaired) electrons. The number of hydrogen-bond acceptors (Lipinski definition) is 7. The van der Waals surface area contributed by atoms with E-state index in [1.807, 2.05) is 0 Å². The highest BCUT2D eigenvalue weighted by atomic mass is 35.5. The van der Waals surface area contributed by atoms with Gasteiger partial charge in [0.25, 0.3) is 0 Å². The van der Waals surface area contributed by atoms with E-state index in [2.05, 4.69) is 0 Å². The molecule has 2 heterocycles. The first kappa shape index (κ1) is 19.9. The van der Waals surface area contributed by atoms with Crippen LogP contribution in [0.4, 0.5) is 4.39 Å². The molecule has 0 spiro atoms. The number of ether oxygens (including phenoxy) is 3. The molecule has 2 saturated heterocycles. The van der Waals surface area contributed by atoms with Crippen molar-refractivity contribution in [3.8, 4) is 5.75 Å². The van der Waals surface area contributed by atoms with E-state index in [4.69, 9.17) is 28.6 Å². The Morgan fingerprint density at radius 3 is 2.68 bits per heavy atom. The molecule has 2 bridgehead atoms. The number of fused-ring (bicyclic) bond motifs is 2. The zero-order valence-corrected chi connectivity index (χ0v) is 17.3. The average molecular weight is 457 g/mol. The molecule has 31 heavy (non-hydrogen) atoms. The average Bonchev–Trinajstić information content (AvgIpc) is 3.14. The minimum atomic E-state index is -2.04. The Kier molecular flexibility index (Phi) is 5.31. The number of benzene rings is 2. The molecule has 4 N–H and O–H groups in total. The number of halogens is 2. The fraction of sp³-hybridized carbons (Fsp3) is 0.455. The largest absolute Gasteiger partial charge is 0.491 e. The van der Waals surface area contributed by atoms with Crippen molar-refractivity contribution < 1.29 is 41.8 Å². The van der Waals surface area contributed by atoms with Gasteiger partial charge in [-0.15, -0.1) is 0 Å². The third kappa shape index (κ3) is 3.62. The molecule has 1 unspecified atom stereocenters. The van der Waals surface area contributed by atoms with Crippen molar-refractivity contribution in [2.24, 2.45) is 0 Å². The monoisotopic (exact) mass is 456 g/mol. The molecule has 2 aliphatic rings. The van der Waals surface area contributed by atoms with Crippen LogP contribution < -0.4 is 4.74 Å². The first-order valence-electron chi connectivity index (χ1n) is 10.7. The van der Waals surface area contributed by atoms with Crippen molar-refractivity contribution in [2.45, 2.75) is 43.0 Å². The van der Waals surface area contributed by atoms with Gasteiger partial charge < -0.3 is 34.6 Å². The standard InChI is InChI=1S/C22H24ClFO7/c1-2-29-17-6-3-12(8-16(17)24)7-13-9-14(4-5-15(13)23)22-20(28)18(26)19(27)21(10-25,31-22)11-30-22/h3-6,8-9,18-20,25-28H,2,7,10-11H2,1H3/t18-,19-,20+,21+,22?/m0/s1/i2D2. The molecule has 0 amide bonds. The zero-order chi connectivity index (χ0) is 24.2. The molecule has 2 aliphatic heterocycles. The maximum Gasteiger partial charge on any atom is 0.225 e. The fourth-order valence-electron chi connectivity index (χ4n) is 4.07. The van der Waals surface area contributed by atoms with Crippen LogP contribution in [0.1, 0.15) is 26.4 Å². The Morgan fingerprint density at radius 1 is 1.23 bits per heavy atom. The van der Waals surface area contributed by atoms with Crippen LogP contribution in [-0.4, -0.2) is 64.1 Å². The second kappa shape index (κ2) is 8.29. The maximum atomic E-state index is 14.4. The molecule has 9 heteroatoms. The van der Waals surface area contributed by atoms with E-state index in [1.165, 1.54) is 31.2 Å². The van der Waals surface area contributed by atoms with E-state index in [9.17, 15) is 24.8 Å². The number of aliphatic hydroxyl groups excluding tert-OH is 4. The van der Waals surface area contributed by atoms with Crippen LogP contribution >= 0.6 is 11.6 Å². The second-order valence-electron chi connectivity index (χ2n) is 7.72. The molecule has 4 rings (SSSR count). The third-order valence-electron chi connectivity index (χ3n) is 5.78. The SMILES string of the molecule is [2H]C([2H])(C)Oc1ccc(Cc2cc(C34OC[C@@](CO)(O3)[C@@H](O)[C@H](O)[C@H]4O)ccc2Cl)cc1F. The summed E-state index contributed by atoms with van der Waals surface area (Å²) in [5, 5.41) is 41.5. The Bertz CT molecular complexity index is 1050. The Hall–Kier alpha value is -1.78. The minimum absolute atomic E-state index is 0.172. The van der Waals surface area contributed by atoms with Gasteiger partial charge in [0.15, 0.2) is 11.6 Å². The zero-order valence-electron chi connectivity index (χ0n) is 18.6. The van der Waals surface area contributed by atoms with Crippen LogP contribution in [-0.2, 0) is 21.7 Å². The molecule has 2 fully saturated rings. The van der Waals surface area contributed by atoms with Crippen molar-refractivity contribution in [1.29, 1.82) is 0 Å². The summed E-state index contributed by atoms with van der Waals surface area (Å²) in [6.45, 7) is -1.76. The smallest absolute Gasteiger partial charge is 0.225 e. The summed E-state index contributed by atoms with van der Waals surface area (Å²) < 4.78 is 45.8. The first-order valence-corrected chi connectivity index (χ1v) is 10.0. The molecule has 168 valence electrons. The van der Waals surface area contributed by atoms with Crippen molar-refractivity contribution in [3.63, 3.8) is 0 Å². The van der Waals surface area contributed by atoms with E-state index in [1.54, 1.807) is 12.1 Å². The van der Waals surface area contributed by atoms with Crippen molar-refractivity contribution >= 4 is 11.6 Å². The molecule has 7 nitrogen and oxygen atoms in total. The Labute approximate surface area is 186 Å². The summed E-state index contributed by atoms with van der Waals surface area (Å²) in [5.74, 6) is -2.80. The van der Waals surface area contributed by atoms with E-state index in [0.717, 1.165) is 0 Å². The Balaban J connectivity index is 1.65. The third-order valence-corrected chi connectivity index (χ3v) is 6.15. The van der Waals surface area contributed by atoms with E-state index in [0.29, 0.717) is 21.7 Å². The lowest BCUT2D eigenvalue weighted by molar-refractivity contribution is -0.329. The lowest BCUT2D eigenvalue weighted by atomic mass is 9.83. The van der Waals surface area contributed by atoms with Crippen molar-refractivity contribution in [3.05, 3.63) is 63.9 Å². The van der Waals surface area contributed by atoms with Gasteiger partial charge in [-0.3, -0.25) is 0 Å². The molecule has 2 aromatic rings. The molecular weight excluding hydrogens is 431 g/mol. The van der Waals surface area contributed by atoms with Gasteiger partial charge in [0.05, 0.1) is 22.5 Å². The summed E-state index contributed by atoms with van der Waals surface area (Å²) in [6.07, 6.45) is -4.67. The van der Waals surface area contributed by atoms with Gasteiger partial charge in [-0.25, -0.2) is 4.39 Å². The second-order valence-corrected chi connectivity index (χ2v) is 8.12. The van der Waals surface area contributed by atoms with Gasteiger partial charge >= 0.3 is 0 Å². The van der Waals surface area contributed by atoms with Gasteiger partial charge in [0, 0.05) is 10.6 Å². The molecule has 0 saturated carbocycles. The van der Waals surface area contributed by atoms with Crippen molar-refractivity contribution in [1.82, 2.24) is 0 Å². The van der Waals surface area contributed by atoms with Gasteiger partial charge in [0.2, 0.25) is 5.79 Å². The maximum absolute atomic E-state index is 14.4. The highest BCUT2D eigenvalue weighted by molar-refractivity contribution is 6.31. The molecule has 2 aromatic carbocycles. The molecule has 5 atom stereocenters. The molecular formula is C22H24ClFO7. The van der Waals surface area contributed by atoms with Gasteiger partial charge in [-0.05, 0) is 48.7 Å². The lowest BCUT2D eigenvalue weighted by Crippen LogP contribution is -2.65. The van der Waals surface area contributed by atoms with Gasteiger partial charge in [-0.2, -0.15) is 0 Å². The van der Waals surface area contributed by atoms with Crippen LogP contribution in [0.3, 0.4) is 0 Å². The lowest BCUT2D eigenvalue weighted by Gasteiger charge is -2.46. The highest BCUT2D eigenvalue weighted by Crippen LogP contribution is 2.49. The van der Waals surface area contributed by atoms with Gasteiger partial charge in [-0.1, -0.05) is 23.7 Å². The Morgan fingerprint density at radius 2 is 2.00 bits per heavy atom. The van der Waals surface area contributed by atoms with E-state index >= 15 is 0 Å². The van der Waals surface area contributed by atoms with E-state index < -0.39 is 48.7 Å². The van der Waals surface area contributed by atoms with Crippen LogP contribution in [0, 0.1) is 5.82 Å². The van der Waals surface area contributed by atoms with Gasteiger partial charge in [0.1, 0.15) is 23.9 Å². The number of rotatable bonds is 6. The quantitative estimate of drug-likeness (QED) is 0.521. The topological polar surface area (TPSA) is 109 Å². The first-order chi connectivity index (χ1) is 15.4. The van der Waals surface area contributed by atoms with Crippen LogP contribution in [0.5, 0.6) is 5.75 Å². The van der Waals surface area contributed by atoms with Crippen LogP contribution in [0.25, 0.3) is 0 Å². The summed E-state index contributed by atoms with van der Waals surface area (Å²) in [7, 11) is 0. The fourth-order valence-corrected chi connectivity index (χ4v) is 4.25. The molecule has 0 aliphatic carbocycles. The highest BCUT2D eigenvalue weighted by Gasteiger charge is 2.67.